The number of nitrogens with zero attached hydrogens (tertiary/aromatic N) is 3. The minimum atomic E-state index is -0.271. The number of hydrogen-bond donors (Lipinski definition) is 1. The molecule has 0 unspecified atom stereocenters. The molecule has 6 nitrogen and oxygen atoms in total. The van der Waals surface area contributed by atoms with Crippen molar-refractivity contribution in [2.75, 3.05) is 0 Å². The maximum Gasteiger partial charge on any atom is 0.343 e. The number of ether oxygens (including phenoxy) is 1. The van der Waals surface area contributed by atoms with Crippen LogP contribution in [0.2, 0.25) is 0 Å². The van der Waals surface area contributed by atoms with Gasteiger partial charge in [-0.15, -0.1) is 0 Å². The van der Waals surface area contributed by atoms with Crippen molar-refractivity contribution in [2.45, 2.75) is 26.4 Å². The predicted molar refractivity (Wildman–Crippen MR) is 73.4 cm³/mol. The van der Waals surface area contributed by atoms with E-state index in [1.807, 2.05) is 19.9 Å². The molecule has 0 atom stereocenters. The standard InChI is InChI=1S/C14H16N4O2/c1-9(2)11-6-10(7-15)4-5-12(11)20-8-13-16-17-14(19)18(13)3/h4-6,9H,8H2,1-3H3,(H,17,19). The summed E-state index contributed by atoms with van der Waals surface area (Å²) in [5.74, 6) is 1.46. The highest BCUT2D eigenvalue weighted by Crippen LogP contribution is 2.27. The van der Waals surface area contributed by atoms with Crippen LogP contribution < -0.4 is 10.4 Å². The molecule has 1 heterocycles. The van der Waals surface area contributed by atoms with Crippen molar-refractivity contribution in [3.05, 3.63) is 45.6 Å². The Morgan fingerprint density at radius 2 is 2.25 bits per heavy atom. The number of benzene rings is 1. The van der Waals surface area contributed by atoms with E-state index >= 15 is 0 Å². The van der Waals surface area contributed by atoms with E-state index in [9.17, 15) is 4.79 Å². The third-order valence-electron chi connectivity index (χ3n) is 3.09. The first kappa shape index (κ1) is 13.9. The van der Waals surface area contributed by atoms with Gasteiger partial charge in [0, 0.05) is 7.05 Å². The maximum absolute atomic E-state index is 11.3. The molecule has 0 aliphatic carbocycles. The molecule has 0 radical (unpaired) electrons. The fourth-order valence-corrected chi connectivity index (χ4v) is 1.85. The lowest BCUT2D eigenvalue weighted by Gasteiger charge is -2.14. The molecule has 0 saturated heterocycles. The van der Waals surface area contributed by atoms with E-state index in [1.165, 1.54) is 4.57 Å². The van der Waals surface area contributed by atoms with Gasteiger partial charge in [-0.3, -0.25) is 4.57 Å². The van der Waals surface area contributed by atoms with Gasteiger partial charge in [-0.2, -0.15) is 10.4 Å². The molecule has 2 rings (SSSR count). The van der Waals surface area contributed by atoms with Crippen molar-refractivity contribution in [3.63, 3.8) is 0 Å². The Bertz CT molecular complexity index is 707. The minimum absolute atomic E-state index is 0.195. The quantitative estimate of drug-likeness (QED) is 0.917. The smallest absolute Gasteiger partial charge is 0.343 e. The number of aromatic nitrogens is 3. The summed E-state index contributed by atoms with van der Waals surface area (Å²) in [6.07, 6.45) is 0. The number of nitriles is 1. The molecular weight excluding hydrogens is 256 g/mol. The summed E-state index contributed by atoms with van der Waals surface area (Å²) in [7, 11) is 1.63. The summed E-state index contributed by atoms with van der Waals surface area (Å²) >= 11 is 0. The Labute approximate surface area is 116 Å². The molecule has 2 aromatic rings. The molecule has 0 spiro atoms. The second kappa shape index (κ2) is 5.61. The third-order valence-corrected chi connectivity index (χ3v) is 3.09. The van der Waals surface area contributed by atoms with Crippen LogP contribution in [-0.4, -0.2) is 14.8 Å². The van der Waals surface area contributed by atoms with E-state index in [2.05, 4.69) is 16.3 Å². The molecule has 0 saturated carbocycles. The zero-order chi connectivity index (χ0) is 14.7. The predicted octanol–water partition coefficient (Wildman–Crippen LogP) is 1.68. The van der Waals surface area contributed by atoms with E-state index in [4.69, 9.17) is 10.00 Å². The summed E-state index contributed by atoms with van der Waals surface area (Å²) in [4.78, 5) is 11.3. The molecule has 104 valence electrons. The highest BCUT2D eigenvalue weighted by atomic mass is 16.5. The van der Waals surface area contributed by atoms with E-state index in [-0.39, 0.29) is 18.2 Å². The van der Waals surface area contributed by atoms with Gasteiger partial charge in [0.1, 0.15) is 12.4 Å². The van der Waals surface area contributed by atoms with Crippen molar-refractivity contribution in [1.29, 1.82) is 5.26 Å². The Hall–Kier alpha value is -2.55. The van der Waals surface area contributed by atoms with E-state index in [1.54, 1.807) is 19.2 Å². The summed E-state index contributed by atoms with van der Waals surface area (Å²) in [5.41, 5.74) is 1.30. The molecular formula is C14H16N4O2. The topological polar surface area (TPSA) is 83.7 Å². The first-order valence-corrected chi connectivity index (χ1v) is 6.30. The van der Waals surface area contributed by atoms with E-state index < -0.39 is 0 Å². The summed E-state index contributed by atoms with van der Waals surface area (Å²) in [6.45, 7) is 4.27. The Morgan fingerprint density at radius 3 is 2.80 bits per heavy atom. The Morgan fingerprint density at radius 1 is 1.50 bits per heavy atom. The average Bonchev–Trinajstić information content (AvgIpc) is 2.76. The molecule has 0 amide bonds. The lowest BCUT2D eigenvalue weighted by Crippen LogP contribution is -2.15. The fourth-order valence-electron chi connectivity index (χ4n) is 1.85. The van der Waals surface area contributed by atoms with Crippen molar-refractivity contribution < 1.29 is 4.74 Å². The number of H-pyrrole nitrogens is 1. The molecule has 1 N–H and O–H groups in total. The normalized spacial score (nSPS) is 10.6. The van der Waals surface area contributed by atoms with Crippen molar-refractivity contribution >= 4 is 0 Å². The van der Waals surface area contributed by atoms with Crippen LogP contribution in [0.5, 0.6) is 5.75 Å². The number of rotatable bonds is 4. The lowest BCUT2D eigenvalue weighted by molar-refractivity contribution is 0.287. The maximum atomic E-state index is 11.3. The van der Waals surface area contributed by atoms with E-state index in [0.29, 0.717) is 17.1 Å². The van der Waals surface area contributed by atoms with Gasteiger partial charge in [0.15, 0.2) is 5.82 Å². The zero-order valence-corrected chi connectivity index (χ0v) is 11.7. The van der Waals surface area contributed by atoms with E-state index in [0.717, 1.165) is 5.56 Å². The molecule has 0 aliphatic heterocycles. The first-order chi connectivity index (χ1) is 9.52. The van der Waals surface area contributed by atoms with Gasteiger partial charge < -0.3 is 4.74 Å². The Kier molecular flexibility index (Phi) is 3.89. The van der Waals surface area contributed by atoms with Crippen molar-refractivity contribution in [2.24, 2.45) is 7.05 Å². The lowest BCUT2D eigenvalue weighted by atomic mass is 10.00. The zero-order valence-electron chi connectivity index (χ0n) is 11.7. The molecule has 1 aromatic heterocycles. The van der Waals surface area contributed by atoms with Crippen molar-refractivity contribution in [1.82, 2.24) is 14.8 Å². The molecule has 0 fully saturated rings. The van der Waals surface area contributed by atoms with Gasteiger partial charge in [0.05, 0.1) is 11.6 Å². The van der Waals surface area contributed by atoms with Crippen LogP contribution in [0.4, 0.5) is 0 Å². The Balaban J connectivity index is 2.23. The minimum Gasteiger partial charge on any atom is -0.485 e. The summed E-state index contributed by atoms with van der Waals surface area (Å²) in [5, 5.41) is 15.2. The third kappa shape index (κ3) is 2.72. The van der Waals surface area contributed by atoms with Crippen LogP contribution in [0.1, 0.15) is 36.7 Å². The van der Waals surface area contributed by atoms with Gasteiger partial charge in [0.2, 0.25) is 0 Å². The molecule has 1 aromatic carbocycles. The van der Waals surface area contributed by atoms with Crippen LogP contribution in [0.15, 0.2) is 23.0 Å². The molecule has 0 aliphatic rings. The number of nitrogens with one attached hydrogen (secondary N) is 1. The number of hydrogen-bond acceptors (Lipinski definition) is 4. The second-order valence-corrected chi connectivity index (χ2v) is 4.81. The fraction of sp³-hybridized carbons (Fsp3) is 0.357. The van der Waals surface area contributed by atoms with Crippen LogP contribution in [-0.2, 0) is 13.7 Å². The van der Waals surface area contributed by atoms with Crippen LogP contribution in [0.25, 0.3) is 0 Å². The van der Waals surface area contributed by atoms with Crippen LogP contribution in [0.3, 0.4) is 0 Å². The molecule has 6 heteroatoms. The average molecular weight is 272 g/mol. The highest BCUT2D eigenvalue weighted by Gasteiger charge is 2.11. The molecule has 0 bridgehead atoms. The van der Waals surface area contributed by atoms with Gasteiger partial charge in [0.25, 0.3) is 0 Å². The van der Waals surface area contributed by atoms with Crippen LogP contribution >= 0.6 is 0 Å². The highest BCUT2D eigenvalue weighted by molar-refractivity contribution is 5.43. The summed E-state index contributed by atoms with van der Waals surface area (Å²) < 4.78 is 7.13. The summed E-state index contributed by atoms with van der Waals surface area (Å²) in [6, 6.07) is 7.43. The molecule has 20 heavy (non-hydrogen) atoms. The first-order valence-electron chi connectivity index (χ1n) is 6.30. The largest absolute Gasteiger partial charge is 0.485 e. The number of aromatic amines is 1. The second-order valence-electron chi connectivity index (χ2n) is 4.81. The van der Waals surface area contributed by atoms with Gasteiger partial charge >= 0.3 is 5.69 Å². The van der Waals surface area contributed by atoms with Gasteiger partial charge in [-0.05, 0) is 29.7 Å². The van der Waals surface area contributed by atoms with Crippen molar-refractivity contribution in [3.8, 4) is 11.8 Å². The van der Waals surface area contributed by atoms with Gasteiger partial charge in [-0.1, -0.05) is 13.8 Å². The monoisotopic (exact) mass is 272 g/mol. The van der Waals surface area contributed by atoms with Crippen LogP contribution in [0, 0.1) is 11.3 Å². The van der Waals surface area contributed by atoms with Gasteiger partial charge in [-0.25, -0.2) is 9.89 Å². The SMILES string of the molecule is CC(C)c1cc(C#N)ccc1OCc1n[nH]c(=O)n1C.